The predicted molar refractivity (Wildman–Crippen MR) is 46.2 cm³/mol. The van der Waals surface area contributed by atoms with Crippen LogP contribution in [0.3, 0.4) is 0 Å². The van der Waals surface area contributed by atoms with Crippen LogP contribution in [0.2, 0.25) is 0 Å². The van der Waals surface area contributed by atoms with E-state index in [4.69, 9.17) is 0 Å². The van der Waals surface area contributed by atoms with Crippen molar-refractivity contribution in [3.63, 3.8) is 0 Å². The van der Waals surface area contributed by atoms with Crippen molar-refractivity contribution in [2.75, 3.05) is 0 Å². The average molecular weight is 169 g/mol. The van der Waals surface area contributed by atoms with Crippen LogP contribution in [0, 0.1) is 0 Å². The minimum Gasteiger partial charge on any atom is -0.316 e. The van der Waals surface area contributed by atoms with Gasteiger partial charge >= 0.3 is 4.87 Å². The van der Waals surface area contributed by atoms with Gasteiger partial charge in [-0.3, -0.25) is 4.79 Å². The van der Waals surface area contributed by atoms with E-state index in [1.165, 1.54) is 41.2 Å². The number of thiazole rings is 1. The molecule has 1 aliphatic carbocycles. The first-order valence-corrected chi connectivity index (χ1v) is 4.89. The second-order valence-electron chi connectivity index (χ2n) is 2.98. The summed E-state index contributed by atoms with van der Waals surface area (Å²) in [6.07, 6.45) is 5.98. The van der Waals surface area contributed by atoms with E-state index in [0.29, 0.717) is 0 Å². The Morgan fingerprint density at radius 1 is 1.18 bits per heavy atom. The summed E-state index contributed by atoms with van der Waals surface area (Å²) in [7, 11) is 0. The molecule has 0 unspecified atom stereocenters. The van der Waals surface area contributed by atoms with Gasteiger partial charge in [0.1, 0.15) is 0 Å². The van der Waals surface area contributed by atoms with Gasteiger partial charge in [0.15, 0.2) is 0 Å². The third kappa shape index (κ3) is 1.38. The van der Waals surface area contributed by atoms with Crippen molar-refractivity contribution >= 4 is 11.3 Å². The molecule has 0 aromatic carbocycles. The second-order valence-corrected chi connectivity index (χ2v) is 4.04. The molecule has 0 amide bonds. The third-order valence-electron chi connectivity index (χ3n) is 2.14. The van der Waals surface area contributed by atoms with E-state index in [9.17, 15) is 4.79 Å². The zero-order chi connectivity index (χ0) is 7.68. The van der Waals surface area contributed by atoms with Crippen molar-refractivity contribution in [2.24, 2.45) is 0 Å². The molecule has 0 fully saturated rings. The number of hydrogen-bond donors (Lipinski definition) is 1. The van der Waals surface area contributed by atoms with Crippen LogP contribution < -0.4 is 4.87 Å². The van der Waals surface area contributed by atoms with Gasteiger partial charge in [0.25, 0.3) is 0 Å². The smallest absolute Gasteiger partial charge is 0.304 e. The fraction of sp³-hybridized carbons (Fsp3) is 0.625. The Balaban J connectivity index is 2.39. The highest BCUT2D eigenvalue weighted by Gasteiger charge is 2.10. The molecule has 60 valence electrons. The van der Waals surface area contributed by atoms with Gasteiger partial charge in [0.2, 0.25) is 0 Å². The molecule has 0 atom stereocenters. The Morgan fingerprint density at radius 2 is 2.00 bits per heavy atom. The highest BCUT2D eigenvalue weighted by Crippen LogP contribution is 2.19. The fourth-order valence-corrected chi connectivity index (χ4v) is 2.48. The van der Waals surface area contributed by atoms with Crippen LogP contribution in [0.1, 0.15) is 29.8 Å². The number of aromatic amines is 1. The largest absolute Gasteiger partial charge is 0.316 e. The van der Waals surface area contributed by atoms with Crippen LogP contribution >= 0.6 is 11.3 Å². The number of aromatic nitrogens is 1. The van der Waals surface area contributed by atoms with E-state index in [2.05, 4.69) is 4.98 Å². The lowest BCUT2D eigenvalue weighted by molar-refractivity contribution is 0.708. The number of aryl methyl sites for hydroxylation is 2. The van der Waals surface area contributed by atoms with Crippen molar-refractivity contribution in [3.05, 3.63) is 20.2 Å². The third-order valence-corrected chi connectivity index (χ3v) is 3.12. The first-order valence-electron chi connectivity index (χ1n) is 4.07. The van der Waals surface area contributed by atoms with Crippen LogP contribution in [0.15, 0.2) is 4.79 Å². The molecule has 0 saturated carbocycles. The summed E-state index contributed by atoms with van der Waals surface area (Å²) in [5, 5.41) is 0. The summed E-state index contributed by atoms with van der Waals surface area (Å²) in [6.45, 7) is 0. The minimum absolute atomic E-state index is 0.122. The van der Waals surface area contributed by atoms with E-state index >= 15 is 0 Å². The summed E-state index contributed by atoms with van der Waals surface area (Å²) >= 11 is 1.39. The zero-order valence-electron chi connectivity index (χ0n) is 6.35. The Morgan fingerprint density at radius 3 is 2.91 bits per heavy atom. The van der Waals surface area contributed by atoms with Gasteiger partial charge in [-0.05, 0) is 25.7 Å². The van der Waals surface area contributed by atoms with Crippen LogP contribution in [-0.4, -0.2) is 4.98 Å². The molecule has 1 heterocycles. The van der Waals surface area contributed by atoms with E-state index in [1.807, 2.05) is 0 Å². The molecule has 1 aromatic heterocycles. The maximum Gasteiger partial charge on any atom is 0.304 e. The molecule has 11 heavy (non-hydrogen) atoms. The lowest BCUT2D eigenvalue weighted by Crippen LogP contribution is -1.94. The highest BCUT2D eigenvalue weighted by molar-refractivity contribution is 7.09. The van der Waals surface area contributed by atoms with Crippen molar-refractivity contribution in [1.29, 1.82) is 0 Å². The maximum absolute atomic E-state index is 10.9. The molecule has 0 radical (unpaired) electrons. The van der Waals surface area contributed by atoms with Gasteiger partial charge in [-0.1, -0.05) is 17.8 Å². The molecule has 1 aromatic rings. The molecule has 0 spiro atoms. The number of fused-ring (bicyclic) bond motifs is 1. The van der Waals surface area contributed by atoms with Crippen molar-refractivity contribution in [3.8, 4) is 0 Å². The molecule has 2 nitrogen and oxygen atoms in total. The standard InChI is InChI=1S/C8H11NOS/c10-8-9-6-4-2-1-3-5-7(6)11-8/h1-5H2,(H,9,10). The zero-order valence-corrected chi connectivity index (χ0v) is 7.17. The van der Waals surface area contributed by atoms with Gasteiger partial charge in [-0.25, -0.2) is 0 Å². The topological polar surface area (TPSA) is 32.9 Å². The molecule has 0 aliphatic heterocycles. The summed E-state index contributed by atoms with van der Waals surface area (Å²) in [5.74, 6) is 0. The second kappa shape index (κ2) is 2.81. The lowest BCUT2D eigenvalue weighted by Gasteiger charge is -1.91. The fourth-order valence-electron chi connectivity index (χ4n) is 1.56. The summed E-state index contributed by atoms with van der Waals surface area (Å²) < 4.78 is 0. The lowest BCUT2D eigenvalue weighted by atomic mass is 10.2. The highest BCUT2D eigenvalue weighted by atomic mass is 32.1. The number of nitrogens with one attached hydrogen (secondary N) is 1. The molecular formula is C8H11NOS. The Labute approximate surface area is 69.3 Å². The van der Waals surface area contributed by atoms with E-state index in [1.54, 1.807) is 0 Å². The summed E-state index contributed by atoms with van der Waals surface area (Å²) in [6, 6.07) is 0. The monoisotopic (exact) mass is 169 g/mol. The Hall–Kier alpha value is -0.570. The Kier molecular flexibility index (Phi) is 1.82. The van der Waals surface area contributed by atoms with E-state index in [-0.39, 0.29) is 4.87 Å². The van der Waals surface area contributed by atoms with Gasteiger partial charge in [0, 0.05) is 10.6 Å². The quantitative estimate of drug-likeness (QED) is 0.589. The molecule has 1 aliphatic rings. The van der Waals surface area contributed by atoms with Crippen LogP contribution in [0.4, 0.5) is 0 Å². The number of H-pyrrole nitrogens is 1. The number of rotatable bonds is 0. The first kappa shape index (κ1) is 7.10. The molecule has 1 N–H and O–H groups in total. The summed E-state index contributed by atoms with van der Waals surface area (Å²) in [5.41, 5.74) is 1.21. The molecule has 0 saturated heterocycles. The van der Waals surface area contributed by atoms with Crippen molar-refractivity contribution in [1.82, 2.24) is 4.98 Å². The average Bonchev–Trinajstić information content (AvgIpc) is 2.17. The SMILES string of the molecule is O=c1[nH]c2c(s1)CCCCC2. The maximum atomic E-state index is 10.9. The summed E-state index contributed by atoms with van der Waals surface area (Å²) in [4.78, 5) is 15.3. The molecular weight excluding hydrogens is 158 g/mol. The van der Waals surface area contributed by atoms with E-state index in [0.717, 1.165) is 12.8 Å². The normalized spacial score (nSPS) is 17.5. The van der Waals surface area contributed by atoms with Crippen LogP contribution in [-0.2, 0) is 12.8 Å². The van der Waals surface area contributed by atoms with E-state index < -0.39 is 0 Å². The predicted octanol–water partition coefficient (Wildman–Crippen LogP) is 1.71. The van der Waals surface area contributed by atoms with Crippen LogP contribution in [0.25, 0.3) is 0 Å². The van der Waals surface area contributed by atoms with Gasteiger partial charge in [0.05, 0.1) is 0 Å². The van der Waals surface area contributed by atoms with Gasteiger partial charge in [-0.15, -0.1) is 0 Å². The minimum atomic E-state index is 0.122. The molecule has 0 bridgehead atoms. The molecule has 3 heteroatoms. The Bertz CT molecular complexity index is 273. The van der Waals surface area contributed by atoms with Crippen molar-refractivity contribution in [2.45, 2.75) is 32.1 Å². The molecule has 2 rings (SSSR count). The number of hydrogen-bond acceptors (Lipinski definition) is 2. The van der Waals surface area contributed by atoms with Gasteiger partial charge in [-0.2, -0.15) is 0 Å². The van der Waals surface area contributed by atoms with Gasteiger partial charge < -0.3 is 4.98 Å². The van der Waals surface area contributed by atoms with Crippen LogP contribution in [0.5, 0.6) is 0 Å². The first-order chi connectivity index (χ1) is 5.36. The van der Waals surface area contributed by atoms with Crippen molar-refractivity contribution < 1.29 is 0 Å².